The van der Waals surface area contributed by atoms with E-state index in [1.54, 1.807) is 0 Å². The number of rotatable bonds is 5. The van der Waals surface area contributed by atoms with E-state index in [9.17, 15) is 4.79 Å². The van der Waals surface area contributed by atoms with Crippen LogP contribution < -0.4 is 11.1 Å². The van der Waals surface area contributed by atoms with Crippen molar-refractivity contribution in [2.45, 2.75) is 39.3 Å². The van der Waals surface area contributed by atoms with Gasteiger partial charge in [-0.05, 0) is 26.8 Å². The van der Waals surface area contributed by atoms with Gasteiger partial charge in [-0.3, -0.25) is 4.79 Å². The normalized spacial score (nSPS) is 11.9. The number of primary amides is 1. The Balaban J connectivity index is 2.18. The molecule has 3 N–H and O–H groups in total. The summed E-state index contributed by atoms with van der Waals surface area (Å²) in [6.07, 6.45) is 0.307. The molecule has 0 unspecified atom stereocenters. The van der Waals surface area contributed by atoms with E-state index in [4.69, 9.17) is 10.2 Å². The molecule has 0 radical (unpaired) electrons. The van der Waals surface area contributed by atoms with Gasteiger partial charge in [0.05, 0.1) is 0 Å². The van der Waals surface area contributed by atoms with E-state index in [1.807, 2.05) is 45.0 Å². The van der Waals surface area contributed by atoms with E-state index in [1.165, 1.54) is 0 Å². The molecule has 2 rings (SSSR count). The lowest BCUT2D eigenvalue weighted by Crippen LogP contribution is -2.42. The van der Waals surface area contributed by atoms with E-state index in [2.05, 4.69) is 5.32 Å². The first-order valence-electron chi connectivity index (χ1n) is 6.39. The zero-order valence-electron chi connectivity index (χ0n) is 11.6. The summed E-state index contributed by atoms with van der Waals surface area (Å²) < 4.78 is 5.71. The van der Waals surface area contributed by atoms with Crippen molar-refractivity contribution in [3.8, 4) is 0 Å². The molecule has 0 spiro atoms. The highest BCUT2D eigenvalue weighted by molar-refractivity contribution is 5.82. The van der Waals surface area contributed by atoms with Crippen LogP contribution in [0.5, 0.6) is 0 Å². The summed E-state index contributed by atoms with van der Waals surface area (Å²) >= 11 is 0. The number of carbonyl (C=O) groups excluding carboxylic acids is 1. The van der Waals surface area contributed by atoms with Gasteiger partial charge in [0.2, 0.25) is 5.91 Å². The molecule has 0 fully saturated rings. The molecule has 1 amide bonds. The zero-order valence-corrected chi connectivity index (χ0v) is 11.6. The maximum Gasteiger partial charge on any atom is 0.219 e. The van der Waals surface area contributed by atoms with Crippen molar-refractivity contribution < 1.29 is 9.21 Å². The number of hydrogen-bond acceptors (Lipinski definition) is 3. The van der Waals surface area contributed by atoms with Crippen molar-refractivity contribution in [1.29, 1.82) is 0 Å². The molecule has 4 nitrogen and oxygen atoms in total. The van der Waals surface area contributed by atoms with Crippen LogP contribution in [0.2, 0.25) is 0 Å². The quantitative estimate of drug-likeness (QED) is 0.867. The van der Waals surface area contributed by atoms with Crippen LogP contribution in [0.15, 0.2) is 28.7 Å². The minimum absolute atomic E-state index is 0.300. The number of furan rings is 1. The molecule has 2 aromatic rings. The number of nitrogens with one attached hydrogen (secondary N) is 1. The summed E-state index contributed by atoms with van der Waals surface area (Å²) in [5.74, 6) is 0.606. The Hall–Kier alpha value is -1.81. The molecule has 1 aromatic carbocycles. The first kappa shape index (κ1) is 13.6. The Morgan fingerprint density at radius 3 is 2.74 bits per heavy atom. The van der Waals surface area contributed by atoms with Gasteiger partial charge in [0, 0.05) is 29.5 Å². The smallest absolute Gasteiger partial charge is 0.219 e. The van der Waals surface area contributed by atoms with E-state index in [-0.39, 0.29) is 11.4 Å². The Bertz CT molecular complexity index is 599. The summed E-state index contributed by atoms with van der Waals surface area (Å²) in [6.45, 7) is 6.55. The Morgan fingerprint density at radius 1 is 1.37 bits per heavy atom. The third-order valence-electron chi connectivity index (χ3n) is 3.26. The second-order valence-corrected chi connectivity index (χ2v) is 5.51. The predicted octanol–water partition coefficient (Wildman–Crippen LogP) is 2.48. The van der Waals surface area contributed by atoms with Gasteiger partial charge in [0.1, 0.15) is 11.3 Å². The molecule has 19 heavy (non-hydrogen) atoms. The van der Waals surface area contributed by atoms with Crippen LogP contribution in [0.1, 0.15) is 31.6 Å². The van der Waals surface area contributed by atoms with Gasteiger partial charge < -0.3 is 15.5 Å². The molecule has 1 aromatic heterocycles. The number of hydrogen-bond donors (Lipinski definition) is 2. The number of para-hydroxylation sites is 1. The minimum Gasteiger partial charge on any atom is -0.461 e. The zero-order chi connectivity index (χ0) is 14.0. The van der Waals surface area contributed by atoms with Crippen LogP contribution in [-0.4, -0.2) is 11.4 Å². The Labute approximate surface area is 113 Å². The average molecular weight is 260 g/mol. The molecular formula is C15H20N2O2. The van der Waals surface area contributed by atoms with E-state index >= 15 is 0 Å². The van der Waals surface area contributed by atoms with Gasteiger partial charge in [-0.2, -0.15) is 0 Å². The van der Waals surface area contributed by atoms with Crippen molar-refractivity contribution in [2.24, 2.45) is 5.73 Å². The second-order valence-electron chi connectivity index (χ2n) is 5.51. The third kappa shape index (κ3) is 3.15. The van der Waals surface area contributed by atoms with Gasteiger partial charge in [-0.15, -0.1) is 0 Å². The fourth-order valence-corrected chi connectivity index (χ4v) is 2.27. The molecular weight excluding hydrogens is 240 g/mol. The molecule has 0 atom stereocenters. The minimum atomic E-state index is -0.323. The topological polar surface area (TPSA) is 68.3 Å². The summed E-state index contributed by atoms with van der Waals surface area (Å²) in [4.78, 5) is 11.0. The average Bonchev–Trinajstić information content (AvgIpc) is 2.60. The lowest BCUT2D eigenvalue weighted by molar-refractivity contribution is -0.119. The van der Waals surface area contributed by atoms with Crippen molar-refractivity contribution in [1.82, 2.24) is 5.32 Å². The number of aryl methyl sites for hydroxylation is 1. The molecule has 0 saturated carbocycles. The monoisotopic (exact) mass is 260 g/mol. The van der Waals surface area contributed by atoms with Crippen LogP contribution in [0.25, 0.3) is 11.0 Å². The van der Waals surface area contributed by atoms with Crippen LogP contribution >= 0.6 is 0 Å². The van der Waals surface area contributed by atoms with Crippen LogP contribution in [-0.2, 0) is 11.3 Å². The number of fused-ring (bicyclic) bond motifs is 1. The molecule has 0 aliphatic heterocycles. The van der Waals surface area contributed by atoms with E-state index in [0.717, 1.165) is 22.3 Å². The summed E-state index contributed by atoms with van der Waals surface area (Å²) in [6, 6.07) is 7.96. The maximum atomic E-state index is 11.0. The molecule has 4 heteroatoms. The number of amides is 1. The molecule has 0 aliphatic carbocycles. The molecule has 0 bridgehead atoms. The fraction of sp³-hybridized carbons (Fsp3) is 0.400. The highest BCUT2D eigenvalue weighted by Gasteiger charge is 2.21. The number of benzene rings is 1. The van der Waals surface area contributed by atoms with Crippen LogP contribution in [0.3, 0.4) is 0 Å². The largest absolute Gasteiger partial charge is 0.461 e. The van der Waals surface area contributed by atoms with Crippen molar-refractivity contribution in [3.05, 3.63) is 35.6 Å². The summed E-state index contributed by atoms with van der Waals surface area (Å²) in [7, 11) is 0. The lowest BCUT2D eigenvalue weighted by atomic mass is 9.99. The maximum absolute atomic E-state index is 11.0. The highest BCUT2D eigenvalue weighted by atomic mass is 16.3. The lowest BCUT2D eigenvalue weighted by Gasteiger charge is -2.24. The molecule has 0 saturated heterocycles. The first-order valence-corrected chi connectivity index (χ1v) is 6.39. The summed E-state index contributed by atoms with van der Waals surface area (Å²) in [5.41, 5.74) is 6.95. The molecule has 102 valence electrons. The van der Waals surface area contributed by atoms with Crippen LogP contribution in [0.4, 0.5) is 0 Å². The van der Waals surface area contributed by atoms with Gasteiger partial charge in [-0.25, -0.2) is 0 Å². The standard InChI is InChI=1S/C15H20N2O2/c1-10-12(9-17-15(2,3)8-14(16)18)11-6-4-5-7-13(11)19-10/h4-7,17H,8-9H2,1-3H3,(H2,16,18). The first-order chi connectivity index (χ1) is 8.89. The van der Waals surface area contributed by atoms with E-state index < -0.39 is 0 Å². The SMILES string of the molecule is Cc1oc2ccccc2c1CNC(C)(C)CC(N)=O. The van der Waals surface area contributed by atoms with E-state index in [0.29, 0.717) is 13.0 Å². The van der Waals surface area contributed by atoms with Crippen molar-refractivity contribution in [3.63, 3.8) is 0 Å². The van der Waals surface area contributed by atoms with Crippen molar-refractivity contribution in [2.75, 3.05) is 0 Å². The number of nitrogens with two attached hydrogens (primary N) is 1. The fourth-order valence-electron chi connectivity index (χ4n) is 2.27. The highest BCUT2D eigenvalue weighted by Crippen LogP contribution is 2.25. The molecule has 0 aliphatic rings. The number of carbonyl (C=O) groups is 1. The van der Waals surface area contributed by atoms with Crippen molar-refractivity contribution >= 4 is 16.9 Å². The van der Waals surface area contributed by atoms with Gasteiger partial charge >= 0.3 is 0 Å². The van der Waals surface area contributed by atoms with Gasteiger partial charge in [0.15, 0.2) is 0 Å². The third-order valence-corrected chi connectivity index (χ3v) is 3.26. The van der Waals surface area contributed by atoms with Gasteiger partial charge in [-0.1, -0.05) is 18.2 Å². The predicted molar refractivity (Wildman–Crippen MR) is 75.7 cm³/mol. The van der Waals surface area contributed by atoms with Gasteiger partial charge in [0.25, 0.3) is 0 Å². The Morgan fingerprint density at radius 2 is 2.05 bits per heavy atom. The second kappa shape index (κ2) is 5.05. The Kier molecular flexibility index (Phi) is 3.62. The summed E-state index contributed by atoms with van der Waals surface area (Å²) in [5, 5.41) is 4.48. The van der Waals surface area contributed by atoms with Crippen LogP contribution in [0, 0.1) is 6.92 Å². The molecule has 1 heterocycles.